The van der Waals surface area contributed by atoms with E-state index >= 15 is 0 Å². The molecule has 1 aromatic heterocycles. The number of fused-ring (bicyclic) bond motifs is 1. The number of furan rings is 1. The number of amides is 1. The topological polar surface area (TPSA) is 54.3 Å². The van der Waals surface area contributed by atoms with E-state index in [9.17, 15) is 4.79 Å². The molecule has 0 unspecified atom stereocenters. The maximum atomic E-state index is 12.2. The first kappa shape index (κ1) is 15.4. The summed E-state index contributed by atoms with van der Waals surface area (Å²) >= 11 is 0. The van der Waals surface area contributed by atoms with E-state index in [2.05, 4.69) is 10.6 Å². The van der Waals surface area contributed by atoms with E-state index in [1.807, 2.05) is 38.1 Å². The molecule has 0 bridgehead atoms. The maximum absolute atomic E-state index is 12.2. The zero-order valence-corrected chi connectivity index (χ0v) is 13.0. The number of carbonyl (C=O) groups excluding carboxylic acids is 1. The molecule has 112 valence electrons. The Labute approximate surface area is 130 Å². The monoisotopic (exact) mass is 306 g/mol. The summed E-state index contributed by atoms with van der Waals surface area (Å²) in [6, 6.07) is 7.83. The van der Waals surface area contributed by atoms with Crippen LogP contribution in [0.4, 0.5) is 11.4 Å². The molecule has 1 aromatic carbocycles. The minimum Gasteiger partial charge on any atom is -0.456 e. The van der Waals surface area contributed by atoms with Gasteiger partial charge in [0, 0.05) is 23.5 Å². The number of nitrogens with one attached hydrogen (secondary N) is 2. The number of halogens is 1. The van der Waals surface area contributed by atoms with Crippen molar-refractivity contribution in [2.24, 2.45) is 0 Å². The van der Waals surface area contributed by atoms with Crippen LogP contribution in [0.5, 0.6) is 0 Å². The largest absolute Gasteiger partial charge is 0.456 e. The Bertz CT molecular complexity index is 664. The predicted molar refractivity (Wildman–Crippen MR) is 86.6 cm³/mol. The predicted octanol–water partition coefficient (Wildman–Crippen LogP) is 3.93. The molecule has 1 aliphatic heterocycles. The number of aryl methyl sites for hydroxylation is 3. The summed E-state index contributed by atoms with van der Waals surface area (Å²) in [7, 11) is 0. The fourth-order valence-electron chi connectivity index (χ4n) is 2.61. The average Bonchev–Trinajstić information content (AvgIpc) is 2.78. The Balaban J connectivity index is 0.00000161. The van der Waals surface area contributed by atoms with Gasteiger partial charge in [-0.25, -0.2) is 0 Å². The molecule has 3 rings (SSSR count). The van der Waals surface area contributed by atoms with E-state index in [0.29, 0.717) is 5.76 Å². The molecule has 5 heteroatoms. The van der Waals surface area contributed by atoms with Crippen molar-refractivity contribution in [1.82, 2.24) is 0 Å². The number of anilines is 2. The van der Waals surface area contributed by atoms with Crippen molar-refractivity contribution in [3.63, 3.8) is 0 Å². The lowest BCUT2D eigenvalue weighted by Crippen LogP contribution is -2.14. The summed E-state index contributed by atoms with van der Waals surface area (Å²) in [5.74, 6) is 0.944. The first-order valence-corrected chi connectivity index (χ1v) is 6.88. The molecule has 0 fully saturated rings. The van der Waals surface area contributed by atoms with Gasteiger partial charge in [0.05, 0.1) is 0 Å². The Kier molecular flexibility index (Phi) is 4.58. The fourth-order valence-corrected chi connectivity index (χ4v) is 2.61. The van der Waals surface area contributed by atoms with E-state index in [-0.39, 0.29) is 18.3 Å². The van der Waals surface area contributed by atoms with Crippen LogP contribution in [-0.4, -0.2) is 12.5 Å². The minimum atomic E-state index is -0.195. The van der Waals surface area contributed by atoms with Crippen molar-refractivity contribution in [2.75, 3.05) is 17.2 Å². The molecule has 2 N–H and O–H groups in total. The highest BCUT2D eigenvalue weighted by Crippen LogP contribution is 2.25. The number of hydrogen-bond acceptors (Lipinski definition) is 3. The molecular weight excluding hydrogens is 288 g/mol. The van der Waals surface area contributed by atoms with Crippen molar-refractivity contribution in [3.05, 3.63) is 46.9 Å². The lowest BCUT2D eigenvalue weighted by molar-refractivity contribution is 0.0994. The minimum absolute atomic E-state index is 0. The van der Waals surface area contributed by atoms with Crippen LogP contribution in [-0.2, 0) is 6.42 Å². The summed E-state index contributed by atoms with van der Waals surface area (Å²) in [6.07, 6.45) is 2.17. The SMILES string of the molecule is Cc1cc(C)c(C(=O)Nc2ccc3c(c2)CCCN3)o1.Cl. The van der Waals surface area contributed by atoms with Crippen molar-refractivity contribution < 1.29 is 9.21 Å². The van der Waals surface area contributed by atoms with Crippen LogP contribution in [0.25, 0.3) is 0 Å². The molecule has 0 radical (unpaired) electrons. The zero-order valence-electron chi connectivity index (χ0n) is 12.2. The lowest BCUT2D eigenvalue weighted by Gasteiger charge is -2.18. The van der Waals surface area contributed by atoms with Gasteiger partial charge >= 0.3 is 0 Å². The Morgan fingerprint density at radius 1 is 1.29 bits per heavy atom. The van der Waals surface area contributed by atoms with Gasteiger partial charge in [-0.15, -0.1) is 12.4 Å². The summed E-state index contributed by atoms with van der Waals surface area (Å²) in [6.45, 7) is 4.74. The van der Waals surface area contributed by atoms with Gasteiger partial charge in [-0.2, -0.15) is 0 Å². The maximum Gasteiger partial charge on any atom is 0.291 e. The van der Waals surface area contributed by atoms with Gasteiger partial charge in [-0.1, -0.05) is 0 Å². The summed E-state index contributed by atoms with van der Waals surface area (Å²) in [5, 5.41) is 6.26. The van der Waals surface area contributed by atoms with Crippen LogP contribution in [0.15, 0.2) is 28.7 Å². The van der Waals surface area contributed by atoms with E-state index in [1.165, 1.54) is 11.3 Å². The van der Waals surface area contributed by atoms with Crippen LogP contribution in [0, 0.1) is 13.8 Å². The van der Waals surface area contributed by atoms with Gasteiger partial charge in [-0.3, -0.25) is 4.79 Å². The molecule has 0 aliphatic carbocycles. The third-order valence-electron chi connectivity index (χ3n) is 3.55. The average molecular weight is 307 g/mol. The molecular formula is C16H19ClN2O2. The molecule has 0 saturated heterocycles. The molecule has 4 nitrogen and oxygen atoms in total. The van der Waals surface area contributed by atoms with Crippen LogP contribution in [0.2, 0.25) is 0 Å². The second-order valence-electron chi connectivity index (χ2n) is 5.23. The standard InChI is InChI=1S/C16H18N2O2.ClH/c1-10-8-11(2)20-15(10)16(19)18-13-5-6-14-12(9-13)4-3-7-17-14;/h5-6,8-9,17H,3-4,7H2,1-2H3,(H,18,19);1H. The van der Waals surface area contributed by atoms with Crippen LogP contribution in [0.3, 0.4) is 0 Å². The molecule has 1 amide bonds. The highest BCUT2D eigenvalue weighted by Gasteiger charge is 2.15. The molecule has 0 saturated carbocycles. The van der Waals surface area contributed by atoms with Gasteiger partial charge in [0.1, 0.15) is 5.76 Å². The van der Waals surface area contributed by atoms with E-state index in [1.54, 1.807) is 0 Å². The fraction of sp³-hybridized carbons (Fsp3) is 0.312. The van der Waals surface area contributed by atoms with Crippen molar-refractivity contribution in [1.29, 1.82) is 0 Å². The van der Waals surface area contributed by atoms with Gasteiger partial charge in [0.15, 0.2) is 5.76 Å². The lowest BCUT2D eigenvalue weighted by atomic mass is 10.0. The Morgan fingerprint density at radius 3 is 2.81 bits per heavy atom. The summed E-state index contributed by atoms with van der Waals surface area (Å²) in [5.41, 5.74) is 4.09. The first-order valence-electron chi connectivity index (χ1n) is 6.88. The molecule has 1 aliphatic rings. The van der Waals surface area contributed by atoms with E-state index < -0.39 is 0 Å². The number of carbonyl (C=O) groups is 1. The van der Waals surface area contributed by atoms with Crippen molar-refractivity contribution >= 4 is 29.7 Å². The molecule has 0 spiro atoms. The number of benzene rings is 1. The Morgan fingerprint density at radius 2 is 2.10 bits per heavy atom. The quantitative estimate of drug-likeness (QED) is 0.884. The Hall–Kier alpha value is -1.94. The van der Waals surface area contributed by atoms with Crippen molar-refractivity contribution in [2.45, 2.75) is 26.7 Å². The van der Waals surface area contributed by atoms with Crippen molar-refractivity contribution in [3.8, 4) is 0 Å². The summed E-state index contributed by atoms with van der Waals surface area (Å²) in [4.78, 5) is 12.2. The molecule has 2 heterocycles. The third-order valence-corrected chi connectivity index (χ3v) is 3.55. The third kappa shape index (κ3) is 3.22. The molecule has 2 aromatic rings. The van der Waals surface area contributed by atoms with Crippen LogP contribution in [0.1, 0.15) is 33.9 Å². The summed E-state index contributed by atoms with van der Waals surface area (Å²) < 4.78 is 5.44. The van der Waals surface area contributed by atoms with Gasteiger partial charge in [-0.05, 0) is 56.5 Å². The van der Waals surface area contributed by atoms with Crippen LogP contribution >= 0.6 is 12.4 Å². The molecule has 21 heavy (non-hydrogen) atoms. The van der Waals surface area contributed by atoms with E-state index in [0.717, 1.165) is 36.4 Å². The smallest absolute Gasteiger partial charge is 0.291 e. The van der Waals surface area contributed by atoms with Gasteiger partial charge in [0.2, 0.25) is 0 Å². The number of hydrogen-bond donors (Lipinski definition) is 2. The van der Waals surface area contributed by atoms with Gasteiger partial charge in [0.25, 0.3) is 5.91 Å². The number of rotatable bonds is 2. The van der Waals surface area contributed by atoms with E-state index in [4.69, 9.17) is 4.42 Å². The highest BCUT2D eigenvalue weighted by atomic mass is 35.5. The molecule has 0 atom stereocenters. The van der Waals surface area contributed by atoms with Gasteiger partial charge < -0.3 is 15.1 Å². The first-order chi connectivity index (χ1) is 9.63. The highest BCUT2D eigenvalue weighted by molar-refractivity contribution is 6.03. The second-order valence-corrected chi connectivity index (χ2v) is 5.23. The normalized spacial score (nSPS) is 12.9. The van der Waals surface area contributed by atoms with Crippen LogP contribution < -0.4 is 10.6 Å². The zero-order chi connectivity index (χ0) is 14.1. The second kappa shape index (κ2) is 6.22.